The molecule has 0 aliphatic rings. The second kappa shape index (κ2) is 8.16. The average molecular weight is 416 g/mol. The first-order chi connectivity index (χ1) is 14.8. The third-order valence-corrected chi connectivity index (χ3v) is 4.93. The van der Waals surface area contributed by atoms with E-state index in [2.05, 4.69) is 30.6 Å². The molecule has 3 heterocycles. The normalized spacial score (nSPS) is 11.5. The van der Waals surface area contributed by atoms with E-state index in [-0.39, 0.29) is 6.03 Å². The third-order valence-electron chi connectivity index (χ3n) is 4.93. The highest BCUT2D eigenvalue weighted by molar-refractivity contribution is 5.98. The van der Waals surface area contributed by atoms with Crippen molar-refractivity contribution in [1.29, 1.82) is 0 Å². The number of nitrogens with one attached hydrogen (secondary N) is 3. The van der Waals surface area contributed by atoms with Crippen molar-refractivity contribution in [2.75, 3.05) is 11.9 Å². The van der Waals surface area contributed by atoms with Gasteiger partial charge in [-0.2, -0.15) is 0 Å². The number of hydrogen-bond donors (Lipinski definition) is 4. The van der Waals surface area contributed by atoms with Crippen molar-refractivity contribution >= 4 is 23.0 Å². The minimum Gasteiger partial charge on any atom is -0.338 e. The fraction of sp³-hybridized carbons (Fsp3) is 0.217. The van der Waals surface area contributed by atoms with E-state index in [0.717, 1.165) is 33.5 Å². The maximum Gasteiger partial charge on any atom is 0.321 e. The van der Waals surface area contributed by atoms with E-state index in [1.165, 1.54) is 0 Å². The van der Waals surface area contributed by atoms with Gasteiger partial charge in [0.05, 0.1) is 16.7 Å². The smallest absolute Gasteiger partial charge is 0.321 e. The van der Waals surface area contributed by atoms with Gasteiger partial charge in [0.15, 0.2) is 0 Å². The van der Waals surface area contributed by atoms with Crippen LogP contribution in [-0.4, -0.2) is 32.5 Å². The highest BCUT2D eigenvalue weighted by atomic mass is 16.2. The second-order valence-corrected chi connectivity index (χ2v) is 7.88. The largest absolute Gasteiger partial charge is 0.338 e. The number of H-pyrrole nitrogens is 1. The monoisotopic (exact) mass is 415 g/mol. The predicted octanol–water partition coefficient (Wildman–Crippen LogP) is 4.02. The van der Waals surface area contributed by atoms with Gasteiger partial charge < -0.3 is 16.0 Å². The van der Waals surface area contributed by atoms with Gasteiger partial charge in [-0.05, 0) is 62.2 Å². The quantitative estimate of drug-likeness (QED) is 0.392. The van der Waals surface area contributed by atoms with Gasteiger partial charge in [-0.3, -0.25) is 15.3 Å². The van der Waals surface area contributed by atoms with Gasteiger partial charge >= 0.3 is 6.03 Å². The van der Waals surface area contributed by atoms with E-state index in [0.29, 0.717) is 18.0 Å². The van der Waals surface area contributed by atoms with Gasteiger partial charge in [-0.25, -0.2) is 9.78 Å². The van der Waals surface area contributed by atoms with Crippen LogP contribution in [0, 0.1) is 0 Å². The number of urea groups is 1. The van der Waals surface area contributed by atoms with E-state index in [4.69, 9.17) is 5.73 Å². The number of aromatic amines is 1. The topological polar surface area (TPSA) is 122 Å². The first-order valence-electron chi connectivity index (χ1n) is 10.1. The number of nitrogens with two attached hydrogens (primary N) is 1. The number of carbonyl (C=O) groups excluding carboxylic acids is 1. The first kappa shape index (κ1) is 20.5. The van der Waals surface area contributed by atoms with Gasteiger partial charge in [0.1, 0.15) is 0 Å². The lowest BCUT2D eigenvalue weighted by Gasteiger charge is -2.19. The molecular weight excluding hydrogens is 390 g/mol. The molecule has 0 aliphatic carbocycles. The minimum absolute atomic E-state index is 0.319. The Labute approximate surface area is 180 Å². The Kier molecular flexibility index (Phi) is 5.39. The highest BCUT2D eigenvalue weighted by Crippen LogP contribution is 2.34. The average Bonchev–Trinajstić information content (AvgIpc) is 3.15. The number of anilines is 1. The van der Waals surface area contributed by atoms with E-state index >= 15 is 0 Å². The zero-order chi connectivity index (χ0) is 22.0. The van der Waals surface area contributed by atoms with Crippen molar-refractivity contribution < 1.29 is 4.79 Å². The Morgan fingerprint density at radius 2 is 2.00 bits per heavy atom. The summed E-state index contributed by atoms with van der Waals surface area (Å²) in [7, 11) is 0. The van der Waals surface area contributed by atoms with Gasteiger partial charge in [0.2, 0.25) is 5.95 Å². The Morgan fingerprint density at radius 1 is 1.16 bits per heavy atom. The molecule has 0 spiro atoms. The maximum absolute atomic E-state index is 12.0. The van der Waals surface area contributed by atoms with Gasteiger partial charge in [0.25, 0.3) is 0 Å². The first-order valence-corrected chi connectivity index (χ1v) is 10.1. The van der Waals surface area contributed by atoms with Crippen LogP contribution in [-0.2, 0) is 5.54 Å². The Hall–Kier alpha value is -3.78. The van der Waals surface area contributed by atoms with Crippen molar-refractivity contribution in [3.8, 4) is 22.4 Å². The molecule has 4 aromatic rings. The molecule has 0 aliphatic heterocycles. The molecular formula is C23H25N7O. The molecule has 31 heavy (non-hydrogen) atoms. The highest BCUT2D eigenvalue weighted by Gasteiger charge is 2.18. The van der Waals surface area contributed by atoms with Crippen LogP contribution in [0.5, 0.6) is 0 Å². The number of benzene rings is 1. The minimum atomic E-state index is -0.506. The Bertz CT molecular complexity index is 1230. The second-order valence-electron chi connectivity index (χ2n) is 7.88. The Balaban J connectivity index is 1.89. The number of rotatable bonds is 5. The number of aromatic nitrogens is 4. The van der Waals surface area contributed by atoms with Crippen LogP contribution in [0.15, 0.2) is 55.0 Å². The summed E-state index contributed by atoms with van der Waals surface area (Å²) in [5.41, 5.74) is 11.8. The van der Waals surface area contributed by atoms with Crippen LogP contribution in [0.2, 0.25) is 0 Å². The number of hydrogen-bond acceptors (Lipinski definition) is 5. The fourth-order valence-electron chi connectivity index (χ4n) is 3.36. The van der Waals surface area contributed by atoms with Crippen molar-refractivity contribution in [3.63, 3.8) is 0 Å². The lowest BCUT2D eigenvalue weighted by atomic mass is 9.94. The lowest BCUT2D eigenvalue weighted by Crippen LogP contribution is -2.28. The Morgan fingerprint density at radius 3 is 2.71 bits per heavy atom. The van der Waals surface area contributed by atoms with E-state index in [1.54, 1.807) is 12.4 Å². The van der Waals surface area contributed by atoms with E-state index < -0.39 is 5.54 Å². The summed E-state index contributed by atoms with van der Waals surface area (Å²) >= 11 is 0. The number of carbonyl (C=O) groups is 1. The summed E-state index contributed by atoms with van der Waals surface area (Å²) < 4.78 is 0. The molecule has 3 aromatic heterocycles. The predicted molar refractivity (Wildman–Crippen MR) is 122 cm³/mol. The number of imidazole rings is 1. The summed E-state index contributed by atoms with van der Waals surface area (Å²) in [4.78, 5) is 28.6. The molecule has 158 valence electrons. The summed E-state index contributed by atoms with van der Waals surface area (Å²) in [5, 5.41) is 5.44. The van der Waals surface area contributed by atoms with Crippen molar-refractivity contribution in [2.24, 2.45) is 5.73 Å². The van der Waals surface area contributed by atoms with Crippen molar-refractivity contribution in [1.82, 2.24) is 25.3 Å². The maximum atomic E-state index is 12.0. The molecule has 2 amide bonds. The van der Waals surface area contributed by atoms with Gasteiger partial charge in [0, 0.05) is 41.8 Å². The molecule has 0 saturated carbocycles. The summed E-state index contributed by atoms with van der Waals surface area (Å²) in [5.74, 6) is 0.362. The van der Waals surface area contributed by atoms with Crippen molar-refractivity contribution in [2.45, 2.75) is 26.3 Å². The van der Waals surface area contributed by atoms with E-state index in [9.17, 15) is 4.79 Å². The molecule has 0 unspecified atom stereocenters. The number of fused-ring (bicyclic) bond motifs is 1. The van der Waals surface area contributed by atoms with Crippen LogP contribution >= 0.6 is 0 Å². The zero-order valence-corrected chi connectivity index (χ0v) is 17.7. The van der Waals surface area contributed by atoms with Crippen LogP contribution in [0.25, 0.3) is 33.4 Å². The molecule has 1 aromatic carbocycles. The summed E-state index contributed by atoms with van der Waals surface area (Å²) in [6.45, 7) is 6.29. The third kappa shape index (κ3) is 4.39. The van der Waals surface area contributed by atoms with Crippen molar-refractivity contribution in [3.05, 3.63) is 60.6 Å². The molecule has 0 atom stereocenters. The zero-order valence-electron chi connectivity index (χ0n) is 17.7. The van der Waals surface area contributed by atoms with Gasteiger partial charge in [-0.15, -0.1) is 0 Å². The van der Waals surface area contributed by atoms with Crippen LogP contribution in [0.4, 0.5) is 10.7 Å². The molecule has 4 rings (SSSR count). The molecule has 8 nitrogen and oxygen atoms in total. The van der Waals surface area contributed by atoms with E-state index in [1.807, 2.05) is 63.4 Å². The fourth-order valence-corrected chi connectivity index (χ4v) is 3.36. The number of pyridine rings is 2. The molecule has 0 radical (unpaired) electrons. The molecule has 0 saturated heterocycles. The summed E-state index contributed by atoms with van der Waals surface area (Å²) in [6.07, 6.45) is 5.30. The summed E-state index contributed by atoms with van der Waals surface area (Å²) in [6, 6.07) is 11.5. The number of nitrogens with zero attached hydrogens (tertiary/aromatic N) is 3. The standard InChI is InChI=1S/C23H25N7O/c1-4-26-22(31)30-21-28-19-11-15(14-6-5-8-25-13-14)10-17(20(19)29-21)18-12-16(7-9-27-18)23(2,3)24/h5-13H,4,24H2,1-3H3,(H3,26,28,29,30,31). The van der Waals surface area contributed by atoms with Crippen LogP contribution in [0.3, 0.4) is 0 Å². The molecule has 0 bridgehead atoms. The van der Waals surface area contributed by atoms with Crippen LogP contribution in [0.1, 0.15) is 26.3 Å². The molecule has 0 fully saturated rings. The SMILES string of the molecule is CCNC(=O)Nc1nc2c(-c3cc(C(C)(C)N)ccn3)cc(-c3cccnc3)cc2[nH]1. The lowest BCUT2D eigenvalue weighted by molar-refractivity contribution is 0.252. The van der Waals surface area contributed by atoms with Gasteiger partial charge in [-0.1, -0.05) is 6.07 Å². The number of amides is 2. The molecule has 8 heteroatoms. The molecule has 5 N–H and O–H groups in total. The van der Waals surface area contributed by atoms with Crippen LogP contribution < -0.4 is 16.4 Å².